The summed E-state index contributed by atoms with van der Waals surface area (Å²) in [5, 5.41) is 7.78. The number of anilines is 1. The zero-order valence-corrected chi connectivity index (χ0v) is 11.2. The number of carbonyl (C=O) groups is 3. The zero-order valence-electron chi connectivity index (χ0n) is 11.2. The zero-order chi connectivity index (χ0) is 14.5. The van der Waals surface area contributed by atoms with Crippen LogP contribution < -0.4 is 16.0 Å². The van der Waals surface area contributed by atoms with Crippen LogP contribution in [-0.4, -0.2) is 30.3 Å². The van der Waals surface area contributed by atoms with Crippen LogP contribution in [0.5, 0.6) is 0 Å². The molecule has 6 nitrogen and oxygen atoms in total. The third kappa shape index (κ3) is 3.81. The van der Waals surface area contributed by atoms with Crippen molar-refractivity contribution >= 4 is 23.4 Å². The van der Waals surface area contributed by atoms with Crippen LogP contribution in [0.25, 0.3) is 0 Å². The summed E-state index contributed by atoms with van der Waals surface area (Å²) in [5.41, 5.74) is 1.65. The van der Waals surface area contributed by atoms with Crippen LogP contribution in [0.3, 0.4) is 0 Å². The molecule has 0 spiro atoms. The number of aryl methyl sites for hydroxylation is 1. The van der Waals surface area contributed by atoms with E-state index in [1.807, 2.05) is 19.1 Å². The van der Waals surface area contributed by atoms with Crippen molar-refractivity contribution in [1.82, 2.24) is 10.6 Å². The molecule has 1 atom stereocenters. The first kappa shape index (κ1) is 14.0. The maximum atomic E-state index is 11.7. The summed E-state index contributed by atoms with van der Waals surface area (Å²) in [4.78, 5) is 34.4. The highest BCUT2D eigenvalue weighted by molar-refractivity contribution is 6.39. The first-order valence-electron chi connectivity index (χ1n) is 6.50. The Hall–Kier alpha value is -2.37. The van der Waals surface area contributed by atoms with Gasteiger partial charge in [-0.05, 0) is 25.5 Å². The van der Waals surface area contributed by atoms with Crippen LogP contribution in [-0.2, 0) is 14.4 Å². The van der Waals surface area contributed by atoms with Gasteiger partial charge in [-0.15, -0.1) is 0 Å². The summed E-state index contributed by atoms with van der Waals surface area (Å²) in [5.74, 6) is -1.42. The van der Waals surface area contributed by atoms with Crippen LogP contribution in [0.1, 0.15) is 18.4 Å². The average Bonchev–Trinajstić information content (AvgIpc) is 2.44. The van der Waals surface area contributed by atoms with Gasteiger partial charge in [0, 0.05) is 24.7 Å². The quantitative estimate of drug-likeness (QED) is 0.680. The first-order valence-corrected chi connectivity index (χ1v) is 6.50. The van der Waals surface area contributed by atoms with E-state index in [4.69, 9.17) is 0 Å². The van der Waals surface area contributed by atoms with Crippen molar-refractivity contribution in [3.8, 4) is 0 Å². The van der Waals surface area contributed by atoms with Crippen LogP contribution in [0, 0.1) is 6.92 Å². The normalized spacial score (nSPS) is 18.1. The molecular weight excluding hydrogens is 258 g/mol. The van der Waals surface area contributed by atoms with Crippen molar-refractivity contribution in [2.45, 2.75) is 25.8 Å². The summed E-state index contributed by atoms with van der Waals surface area (Å²) in [6, 6.07) is 6.99. The second-order valence-electron chi connectivity index (χ2n) is 4.83. The largest absolute Gasteiger partial charge is 0.354 e. The van der Waals surface area contributed by atoms with Gasteiger partial charge in [0.1, 0.15) is 0 Å². The molecule has 1 aromatic rings. The minimum absolute atomic E-state index is 0.0281. The minimum Gasteiger partial charge on any atom is -0.354 e. The summed E-state index contributed by atoms with van der Waals surface area (Å²) >= 11 is 0. The van der Waals surface area contributed by atoms with Gasteiger partial charge in [-0.1, -0.05) is 17.7 Å². The van der Waals surface area contributed by atoms with E-state index in [1.165, 1.54) is 0 Å². The predicted octanol–water partition coefficient (Wildman–Crippen LogP) is 0.328. The maximum absolute atomic E-state index is 11.7. The maximum Gasteiger partial charge on any atom is 0.313 e. The lowest BCUT2D eigenvalue weighted by atomic mass is 10.1. The Morgan fingerprint density at radius 1 is 1.20 bits per heavy atom. The Labute approximate surface area is 116 Å². The number of amides is 3. The van der Waals surface area contributed by atoms with E-state index < -0.39 is 11.8 Å². The van der Waals surface area contributed by atoms with Gasteiger partial charge < -0.3 is 16.0 Å². The number of hydrogen-bond acceptors (Lipinski definition) is 3. The Kier molecular flexibility index (Phi) is 4.34. The SMILES string of the molecule is Cc1ccc(NC(=O)C(=O)NC2CCC(=O)NC2)cc1. The van der Waals surface area contributed by atoms with E-state index in [9.17, 15) is 14.4 Å². The highest BCUT2D eigenvalue weighted by Crippen LogP contribution is 2.08. The predicted molar refractivity (Wildman–Crippen MR) is 74.0 cm³/mol. The molecule has 0 aromatic heterocycles. The number of carbonyl (C=O) groups excluding carboxylic acids is 3. The molecule has 1 aliphatic heterocycles. The molecule has 6 heteroatoms. The van der Waals surface area contributed by atoms with Crippen LogP contribution in [0.2, 0.25) is 0 Å². The monoisotopic (exact) mass is 275 g/mol. The van der Waals surface area contributed by atoms with E-state index >= 15 is 0 Å². The van der Waals surface area contributed by atoms with Crippen molar-refractivity contribution in [2.24, 2.45) is 0 Å². The number of hydrogen-bond donors (Lipinski definition) is 3. The number of benzene rings is 1. The lowest BCUT2D eigenvalue weighted by Gasteiger charge is -2.23. The van der Waals surface area contributed by atoms with Gasteiger partial charge in [-0.25, -0.2) is 0 Å². The van der Waals surface area contributed by atoms with Gasteiger partial charge in [-0.2, -0.15) is 0 Å². The summed E-state index contributed by atoms with van der Waals surface area (Å²) < 4.78 is 0. The molecule has 1 heterocycles. The van der Waals surface area contributed by atoms with E-state index in [-0.39, 0.29) is 11.9 Å². The highest BCUT2D eigenvalue weighted by Gasteiger charge is 2.22. The van der Waals surface area contributed by atoms with Gasteiger partial charge in [0.2, 0.25) is 5.91 Å². The third-order valence-electron chi connectivity index (χ3n) is 3.12. The number of nitrogens with one attached hydrogen (secondary N) is 3. The summed E-state index contributed by atoms with van der Waals surface area (Å²) in [7, 11) is 0. The molecule has 1 aromatic carbocycles. The third-order valence-corrected chi connectivity index (χ3v) is 3.12. The van der Waals surface area contributed by atoms with Crippen molar-refractivity contribution < 1.29 is 14.4 Å². The van der Waals surface area contributed by atoms with E-state index in [0.29, 0.717) is 25.1 Å². The van der Waals surface area contributed by atoms with Crippen molar-refractivity contribution in [3.05, 3.63) is 29.8 Å². The van der Waals surface area contributed by atoms with Crippen LogP contribution in [0.15, 0.2) is 24.3 Å². The lowest BCUT2D eigenvalue weighted by Crippen LogP contribution is -2.50. The molecule has 1 aliphatic rings. The van der Waals surface area contributed by atoms with Crippen LogP contribution in [0.4, 0.5) is 5.69 Å². The van der Waals surface area contributed by atoms with E-state index in [0.717, 1.165) is 5.56 Å². The number of piperidine rings is 1. The fourth-order valence-electron chi connectivity index (χ4n) is 1.93. The number of rotatable bonds is 2. The Morgan fingerprint density at radius 3 is 2.50 bits per heavy atom. The molecule has 0 aliphatic carbocycles. The Morgan fingerprint density at radius 2 is 1.90 bits per heavy atom. The molecule has 1 saturated heterocycles. The van der Waals surface area contributed by atoms with Crippen LogP contribution >= 0.6 is 0 Å². The fraction of sp³-hybridized carbons (Fsp3) is 0.357. The molecule has 2 rings (SSSR count). The molecular formula is C14H17N3O3. The average molecular weight is 275 g/mol. The molecule has 106 valence electrons. The molecule has 1 unspecified atom stereocenters. The smallest absolute Gasteiger partial charge is 0.313 e. The van der Waals surface area contributed by atoms with Gasteiger partial charge in [0.25, 0.3) is 0 Å². The van der Waals surface area contributed by atoms with E-state index in [2.05, 4.69) is 16.0 Å². The molecule has 0 saturated carbocycles. The van der Waals surface area contributed by atoms with E-state index in [1.54, 1.807) is 12.1 Å². The Balaban J connectivity index is 1.84. The van der Waals surface area contributed by atoms with Crippen molar-refractivity contribution in [2.75, 3.05) is 11.9 Å². The van der Waals surface area contributed by atoms with Gasteiger partial charge in [-0.3, -0.25) is 14.4 Å². The summed E-state index contributed by atoms with van der Waals surface area (Å²) in [6.45, 7) is 2.30. The molecule has 0 bridgehead atoms. The van der Waals surface area contributed by atoms with Gasteiger partial charge in [0.15, 0.2) is 0 Å². The lowest BCUT2D eigenvalue weighted by molar-refractivity contribution is -0.137. The highest BCUT2D eigenvalue weighted by atomic mass is 16.2. The summed E-state index contributed by atoms with van der Waals surface area (Å²) in [6.07, 6.45) is 0.917. The molecule has 1 fully saturated rings. The minimum atomic E-state index is -0.703. The topological polar surface area (TPSA) is 87.3 Å². The molecule has 20 heavy (non-hydrogen) atoms. The molecule has 3 N–H and O–H groups in total. The Bertz CT molecular complexity index is 515. The molecule has 0 radical (unpaired) electrons. The first-order chi connectivity index (χ1) is 9.54. The van der Waals surface area contributed by atoms with Crippen molar-refractivity contribution in [3.63, 3.8) is 0 Å². The standard InChI is InChI=1S/C14H17N3O3/c1-9-2-4-10(5-3-9)16-13(19)14(20)17-11-6-7-12(18)15-8-11/h2-5,11H,6-8H2,1H3,(H,15,18)(H,16,19)(H,17,20). The fourth-order valence-corrected chi connectivity index (χ4v) is 1.93. The van der Waals surface area contributed by atoms with Crippen molar-refractivity contribution in [1.29, 1.82) is 0 Å². The van der Waals surface area contributed by atoms with Gasteiger partial charge in [0.05, 0.1) is 0 Å². The second kappa shape index (κ2) is 6.18. The molecule has 3 amide bonds. The second-order valence-corrected chi connectivity index (χ2v) is 4.83. The van der Waals surface area contributed by atoms with Gasteiger partial charge >= 0.3 is 11.8 Å².